The summed E-state index contributed by atoms with van der Waals surface area (Å²) in [5.41, 5.74) is 2.69. The first kappa shape index (κ1) is 21.6. The van der Waals surface area contributed by atoms with Crippen molar-refractivity contribution in [3.8, 4) is 27.8 Å². The van der Waals surface area contributed by atoms with Crippen LogP contribution in [0.25, 0.3) is 16.3 Å². The van der Waals surface area contributed by atoms with Gasteiger partial charge in [-0.05, 0) is 65.9 Å². The Kier molecular flexibility index (Phi) is 6.51. The zero-order valence-electron chi connectivity index (χ0n) is 17.7. The highest BCUT2D eigenvalue weighted by atomic mass is 32.1. The van der Waals surface area contributed by atoms with Crippen LogP contribution in [0, 0.1) is 5.82 Å². The van der Waals surface area contributed by atoms with Gasteiger partial charge in [-0.2, -0.15) is 5.10 Å². The molecular weight excluding hydrogens is 429 g/mol. The van der Waals surface area contributed by atoms with Crippen LogP contribution in [0.15, 0.2) is 66.0 Å². The molecule has 8 heteroatoms. The molecule has 0 fully saturated rings. The van der Waals surface area contributed by atoms with Crippen LogP contribution in [-0.4, -0.2) is 36.5 Å². The number of halogens is 1. The van der Waals surface area contributed by atoms with E-state index in [4.69, 9.17) is 9.47 Å². The van der Waals surface area contributed by atoms with E-state index >= 15 is 0 Å². The normalized spacial score (nSPS) is 10.7. The van der Waals surface area contributed by atoms with E-state index in [1.54, 1.807) is 37.1 Å². The molecule has 6 nitrogen and oxygen atoms in total. The number of nitrogens with one attached hydrogen (secondary N) is 1. The molecule has 2 heterocycles. The second-order valence-electron chi connectivity index (χ2n) is 6.98. The molecular formula is C24H22FN3O3S. The van der Waals surface area contributed by atoms with E-state index in [0.717, 1.165) is 10.4 Å². The fraction of sp³-hybridized carbons (Fsp3) is 0.167. The van der Waals surface area contributed by atoms with Crippen molar-refractivity contribution in [2.24, 2.45) is 0 Å². The van der Waals surface area contributed by atoms with E-state index < -0.39 is 0 Å². The standard InChI is InChI=1S/C24H22FN3O3S/c1-30-21-10-5-16(14-22(21)31-2)11-12-26-24(29)20-15-19(23-4-3-13-32-23)27-28(20)18-8-6-17(25)7-9-18/h3-10,13-15H,11-12H2,1-2H3,(H,26,29). The van der Waals surface area contributed by atoms with Crippen molar-refractivity contribution in [1.82, 2.24) is 15.1 Å². The molecule has 1 amide bonds. The molecule has 32 heavy (non-hydrogen) atoms. The molecule has 0 spiro atoms. The van der Waals surface area contributed by atoms with Gasteiger partial charge in [-0.15, -0.1) is 11.3 Å². The Hall–Kier alpha value is -3.65. The van der Waals surface area contributed by atoms with Gasteiger partial charge in [0.2, 0.25) is 0 Å². The quantitative estimate of drug-likeness (QED) is 0.421. The number of benzene rings is 2. The lowest BCUT2D eigenvalue weighted by atomic mass is 10.1. The van der Waals surface area contributed by atoms with Crippen LogP contribution in [0.2, 0.25) is 0 Å². The smallest absolute Gasteiger partial charge is 0.270 e. The molecule has 1 N–H and O–H groups in total. The minimum absolute atomic E-state index is 0.259. The maximum Gasteiger partial charge on any atom is 0.270 e. The van der Waals surface area contributed by atoms with Crippen LogP contribution in [-0.2, 0) is 6.42 Å². The molecule has 0 aliphatic carbocycles. The van der Waals surface area contributed by atoms with Gasteiger partial charge in [0, 0.05) is 6.54 Å². The number of thiophene rings is 1. The van der Waals surface area contributed by atoms with E-state index in [-0.39, 0.29) is 11.7 Å². The van der Waals surface area contributed by atoms with Gasteiger partial charge in [-0.1, -0.05) is 12.1 Å². The van der Waals surface area contributed by atoms with Crippen molar-refractivity contribution in [1.29, 1.82) is 0 Å². The molecule has 4 rings (SSSR count). The van der Waals surface area contributed by atoms with Gasteiger partial charge in [0.1, 0.15) is 17.2 Å². The summed E-state index contributed by atoms with van der Waals surface area (Å²) in [6.45, 7) is 0.428. The Morgan fingerprint density at radius 3 is 2.53 bits per heavy atom. The minimum Gasteiger partial charge on any atom is -0.493 e. The second kappa shape index (κ2) is 9.65. The van der Waals surface area contributed by atoms with Gasteiger partial charge in [-0.25, -0.2) is 9.07 Å². The summed E-state index contributed by atoms with van der Waals surface area (Å²) in [5.74, 6) is 0.696. The van der Waals surface area contributed by atoms with Gasteiger partial charge in [-0.3, -0.25) is 4.79 Å². The molecule has 2 aromatic carbocycles. The summed E-state index contributed by atoms with van der Waals surface area (Å²) in [6.07, 6.45) is 0.620. The minimum atomic E-state index is -0.347. The van der Waals surface area contributed by atoms with Crippen molar-refractivity contribution in [2.45, 2.75) is 6.42 Å². The third-order valence-electron chi connectivity index (χ3n) is 4.93. The van der Waals surface area contributed by atoms with Gasteiger partial charge in [0.15, 0.2) is 11.5 Å². The second-order valence-corrected chi connectivity index (χ2v) is 7.92. The van der Waals surface area contributed by atoms with Crippen LogP contribution in [0.4, 0.5) is 4.39 Å². The predicted molar refractivity (Wildman–Crippen MR) is 122 cm³/mol. The van der Waals surface area contributed by atoms with Crippen LogP contribution in [0.1, 0.15) is 16.1 Å². The highest BCUT2D eigenvalue weighted by Crippen LogP contribution is 2.28. The Morgan fingerprint density at radius 1 is 1.06 bits per heavy atom. The molecule has 0 bridgehead atoms. The van der Waals surface area contributed by atoms with Crippen molar-refractivity contribution in [3.63, 3.8) is 0 Å². The monoisotopic (exact) mass is 451 g/mol. The van der Waals surface area contributed by atoms with Crippen molar-refractivity contribution < 1.29 is 18.7 Å². The molecule has 0 saturated carbocycles. The molecule has 0 atom stereocenters. The van der Waals surface area contributed by atoms with Crippen LogP contribution < -0.4 is 14.8 Å². The highest BCUT2D eigenvalue weighted by Gasteiger charge is 2.18. The average molecular weight is 452 g/mol. The third-order valence-corrected chi connectivity index (χ3v) is 5.83. The SMILES string of the molecule is COc1ccc(CCNC(=O)c2cc(-c3cccs3)nn2-c2ccc(F)cc2)cc1OC. The number of nitrogens with zero attached hydrogens (tertiary/aromatic N) is 2. The summed E-state index contributed by atoms with van der Waals surface area (Å²) < 4.78 is 25.5. The van der Waals surface area contributed by atoms with Gasteiger partial charge < -0.3 is 14.8 Å². The van der Waals surface area contributed by atoms with Gasteiger partial charge in [0.25, 0.3) is 5.91 Å². The lowest BCUT2D eigenvalue weighted by Crippen LogP contribution is -2.27. The maximum absolute atomic E-state index is 13.4. The maximum atomic E-state index is 13.4. The number of carbonyl (C=O) groups excluding carboxylic acids is 1. The number of methoxy groups -OCH3 is 2. The van der Waals surface area contributed by atoms with E-state index in [1.807, 2.05) is 35.7 Å². The fourth-order valence-electron chi connectivity index (χ4n) is 3.31. The molecule has 0 radical (unpaired) electrons. The van der Waals surface area contributed by atoms with Crippen LogP contribution in [0.3, 0.4) is 0 Å². The zero-order valence-corrected chi connectivity index (χ0v) is 18.5. The number of hydrogen-bond donors (Lipinski definition) is 1. The Labute approximate surface area is 189 Å². The molecule has 2 aromatic heterocycles. The molecule has 0 aliphatic heterocycles. The van der Waals surface area contributed by atoms with Gasteiger partial charge in [0.05, 0.1) is 24.8 Å². The molecule has 4 aromatic rings. The Bertz CT molecular complexity index is 1200. The van der Waals surface area contributed by atoms with Crippen molar-refractivity contribution >= 4 is 17.2 Å². The van der Waals surface area contributed by atoms with E-state index in [2.05, 4.69) is 10.4 Å². The number of ether oxygens (including phenoxy) is 2. The number of rotatable bonds is 8. The summed E-state index contributed by atoms with van der Waals surface area (Å²) in [5, 5.41) is 9.50. The first-order valence-corrected chi connectivity index (χ1v) is 10.9. The number of carbonyl (C=O) groups is 1. The molecule has 0 unspecified atom stereocenters. The number of amides is 1. The first-order chi connectivity index (χ1) is 15.6. The van der Waals surface area contributed by atoms with Crippen LogP contribution >= 0.6 is 11.3 Å². The largest absolute Gasteiger partial charge is 0.493 e. The zero-order chi connectivity index (χ0) is 22.5. The predicted octanol–water partition coefficient (Wildman–Crippen LogP) is 4.73. The topological polar surface area (TPSA) is 65.4 Å². The summed E-state index contributed by atoms with van der Waals surface area (Å²) >= 11 is 1.54. The number of hydrogen-bond acceptors (Lipinski definition) is 5. The fourth-order valence-corrected chi connectivity index (χ4v) is 4.00. The Balaban J connectivity index is 1.53. The van der Waals surface area contributed by atoms with Gasteiger partial charge >= 0.3 is 0 Å². The molecule has 0 saturated heterocycles. The van der Waals surface area contributed by atoms with Crippen LogP contribution in [0.5, 0.6) is 11.5 Å². The lowest BCUT2D eigenvalue weighted by molar-refractivity contribution is 0.0946. The summed E-state index contributed by atoms with van der Waals surface area (Å²) in [7, 11) is 3.18. The van der Waals surface area contributed by atoms with Crippen molar-refractivity contribution in [3.05, 3.63) is 83.1 Å². The lowest BCUT2D eigenvalue weighted by Gasteiger charge is -2.11. The number of aromatic nitrogens is 2. The van der Waals surface area contributed by atoms with Crippen molar-refractivity contribution in [2.75, 3.05) is 20.8 Å². The highest BCUT2D eigenvalue weighted by molar-refractivity contribution is 7.13. The molecule has 164 valence electrons. The van der Waals surface area contributed by atoms with E-state index in [1.165, 1.54) is 23.5 Å². The van der Waals surface area contributed by atoms with E-state index in [0.29, 0.717) is 41.5 Å². The first-order valence-electron chi connectivity index (χ1n) is 9.98. The van der Waals surface area contributed by atoms with E-state index in [9.17, 15) is 9.18 Å². The molecule has 0 aliphatic rings. The summed E-state index contributed by atoms with van der Waals surface area (Å²) in [4.78, 5) is 14.0. The summed E-state index contributed by atoms with van der Waals surface area (Å²) in [6, 6.07) is 17.2. The average Bonchev–Trinajstić information content (AvgIpc) is 3.49. The Morgan fingerprint density at radius 2 is 1.84 bits per heavy atom. The third kappa shape index (κ3) is 4.65.